The molecule has 1 atom stereocenters. The molecule has 11 heavy (non-hydrogen) atoms. The Kier molecular flexibility index (Phi) is 1.51. The average Bonchev–Trinajstić information content (AvgIpc) is 2.06. The predicted octanol–water partition coefficient (Wildman–Crippen LogP) is 0.806. The number of fused-ring (bicyclic) bond motifs is 1. The summed E-state index contributed by atoms with van der Waals surface area (Å²) in [6.45, 7) is 0. The summed E-state index contributed by atoms with van der Waals surface area (Å²) in [7, 11) is 0. The van der Waals surface area contributed by atoms with E-state index in [0.717, 1.165) is 12.8 Å². The van der Waals surface area contributed by atoms with Crippen LogP contribution in [0.4, 0.5) is 0 Å². The number of nitrogens with zero attached hydrogens (tertiary/aromatic N) is 2. The molecule has 2 N–H and O–H groups in total. The van der Waals surface area contributed by atoms with Gasteiger partial charge in [-0.1, -0.05) is 12.2 Å². The molecule has 2 aliphatic heterocycles. The SMILES string of the molecule is NN1C=CCC2=CCC=NC21. The maximum absolute atomic E-state index is 5.68. The first-order chi connectivity index (χ1) is 5.38. The van der Waals surface area contributed by atoms with E-state index in [1.807, 2.05) is 12.4 Å². The van der Waals surface area contributed by atoms with Gasteiger partial charge in [0.15, 0.2) is 6.17 Å². The van der Waals surface area contributed by atoms with Crippen LogP contribution in [0, 0.1) is 0 Å². The molecule has 2 rings (SSSR count). The smallest absolute Gasteiger partial charge is 0.155 e. The lowest BCUT2D eigenvalue weighted by Crippen LogP contribution is -2.39. The van der Waals surface area contributed by atoms with Crippen molar-refractivity contribution in [1.82, 2.24) is 5.01 Å². The highest BCUT2D eigenvalue weighted by atomic mass is 15.4. The van der Waals surface area contributed by atoms with Gasteiger partial charge in [0, 0.05) is 18.8 Å². The zero-order valence-corrected chi connectivity index (χ0v) is 6.27. The van der Waals surface area contributed by atoms with Gasteiger partial charge in [0.2, 0.25) is 0 Å². The predicted molar refractivity (Wildman–Crippen MR) is 44.8 cm³/mol. The highest BCUT2D eigenvalue weighted by Gasteiger charge is 2.19. The Morgan fingerprint density at radius 2 is 2.55 bits per heavy atom. The molecule has 3 nitrogen and oxygen atoms in total. The van der Waals surface area contributed by atoms with E-state index in [4.69, 9.17) is 5.84 Å². The van der Waals surface area contributed by atoms with Gasteiger partial charge >= 0.3 is 0 Å². The standard InChI is InChI=1S/C8H11N3/c9-11-6-2-4-7-3-1-5-10-8(7)11/h2-3,5-6,8H,1,4,9H2. The van der Waals surface area contributed by atoms with Gasteiger partial charge in [0.25, 0.3) is 0 Å². The van der Waals surface area contributed by atoms with Crippen LogP contribution in [0.5, 0.6) is 0 Å². The van der Waals surface area contributed by atoms with E-state index in [9.17, 15) is 0 Å². The summed E-state index contributed by atoms with van der Waals surface area (Å²) >= 11 is 0. The van der Waals surface area contributed by atoms with Crippen LogP contribution in [0.3, 0.4) is 0 Å². The van der Waals surface area contributed by atoms with Crippen molar-refractivity contribution in [3.63, 3.8) is 0 Å². The molecule has 0 aromatic rings. The Morgan fingerprint density at radius 3 is 3.36 bits per heavy atom. The fourth-order valence-corrected chi connectivity index (χ4v) is 1.42. The second kappa shape index (κ2) is 2.51. The second-order valence-corrected chi connectivity index (χ2v) is 2.76. The molecule has 0 bridgehead atoms. The van der Waals surface area contributed by atoms with Gasteiger partial charge in [0.1, 0.15) is 0 Å². The van der Waals surface area contributed by atoms with Crippen molar-refractivity contribution in [2.24, 2.45) is 10.8 Å². The third kappa shape index (κ3) is 1.07. The first-order valence-electron chi connectivity index (χ1n) is 3.78. The summed E-state index contributed by atoms with van der Waals surface area (Å²) in [6.07, 6.45) is 10.1. The quantitative estimate of drug-likeness (QED) is 0.409. The third-order valence-corrected chi connectivity index (χ3v) is 1.98. The molecule has 58 valence electrons. The summed E-state index contributed by atoms with van der Waals surface area (Å²) in [4.78, 5) is 4.29. The highest BCUT2D eigenvalue weighted by Crippen LogP contribution is 2.21. The van der Waals surface area contributed by atoms with E-state index in [1.54, 1.807) is 5.01 Å². The molecule has 1 unspecified atom stereocenters. The van der Waals surface area contributed by atoms with E-state index in [1.165, 1.54) is 5.57 Å². The Bertz CT molecular complexity index is 240. The van der Waals surface area contributed by atoms with Crippen molar-refractivity contribution >= 4 is 6.21 Å². The maximum Gasteiger partial charge on any atom is 0.155 e. The van der Waals surface area contributed by atoms with E-state index in [2.05, 4.69) is 17.1 Å². The fraction of sp³-hybridized carbons (Fsp3) is 0.375. The number of aliphatic imine (C=N–C) groups is 1. The van der Waals surface area contributed by atoms with Gasteiger partial charge in [-0.15, -0.1) is 0 Å². The molecule has 2 aliphatic rings. The highest BCUT2D eigenvalue weighted by molar-refractivity contribution is 5.62. The van der Waals surface area contributed by atoms with Crippen molar-refractivity contribution in [3.8, 4) is 0 Å². The van der Waals surface area contributed by atoms with Crippen LogP contribution in [0.1, 0.15) is 12.8 Å². The van der Waals surface area contributed by atoms with Crippen LogP contribution in [0.25, 0.3) is 0 Å². The van der Waals surface area contributed by atoms with Gasteiger partial charge in [0.05, 0.1) is 0 Å². The largest absolute Gasteiger partial charge is 0.291 e. The van der Waals surface area contributed by atoms with E-state index >= 15 is 0 Å². The minimum absolute atomic E-state index is 0.0775. The van der Waals surface area contributed by atoms with Crippen LogP contribution in [0.2, 0.25) is 0 Å². The number of hydrogen-bond acceptors (Lipinski definition) is 3. The topological polar surface area (TPSA) is 41.6 Å². The summed E-state index contributed by atoms with van der Waals surface area (Å²) in [5.74, 6) is 5.68. The lowest BCUT2D eigenvalue weighted by molar-refractivity contribution is 0.312. The molecule has 0 radical (unpaired) electrons. The van der Waals surface area contributed by atoms with Crippen molar-refractivity contribution in [3.05, 3.63) is 23.9 Å². The van der Waals surface area contributed by atoms with Gasteiger partial charge in [-0.2, -0.15) is 0 Å². The molecular weight excluding hydrogens is 138 g/mol. The van der Waals surface area contributed by atoms with Crippen LogP contribution in [-0.2, 0) is 0 Å². The Morgan fingerprint density at radius 1 is 1.64 bits per heavy atom. The van der Waals surface area contributed by atoms with Crippen LogP contribution in [0.15, 0.2) is 28.9 Å². The van der Waals surface area contributed by atoms with E-state index in [0.29, 0.717) is 0 Å². The summed E-state index contributed by atoms with van der Waals surface area (Å²) in [5, 5.41) is 1.64. The zero-order valence-electron chi connectivity index (χ0n) is 6.27. The number of dihydropyridines is 1. The molecule has 0 amide bonds. The summed E-state index contributed by atoms with van der Waals surface area (Å²) in [6, 6.07) is 0. The van der Waals surface area contributed by atoms with Crippen LogP contribution < -0.4 is 5.84 Å². The lowest BCUT2D eigenvalue weighted by atomic mass is 10.0. The van der Waals surface area contributed by atoms with Gasteiger partial charge in [-0.3, -0.25) is 10.0 Å². The molecule has 0 aromatic heterocycles. The molecule has 3 heteroatoms. The minimum Gasteiger partial charge on any atom is -0.291 e. The number of hydrazine groups is 1. The number of nitrogens with two attached hydrogens (primary N) is 1. The monoisotopic (exact) mass is 149 g/mol. The normalized spacial score (nSPS) is 28.3. The Hall–Kier alpha value is -1.09. The molecule has 0 saturated carbocycles. The van der Waals surface area contributed by atoms with Gasteiger partial charge in [-0.25, -0.2) is 5.84 Å². The zero-order chi connectivity index (χ0) is 7.68. The fourth-order valence-electron chi connectivity index (χ4n) is 1.42. The molecule has 0 fully saturated rings. The lowest BCUT2D eigenvalue weighted by Gasteiger charge is -2.29. The van der Waals surface area contributed by atoms with E-state index in [-0.39, 0.29) is 6.17 Å². The Balaban J connectivity index is 2.28. The second-order valence-electron chi connectivity index (χ2n) is 2.76. The first-order valence-corrected chi connectivity index (χ1v) is 3.78. The summed E-state index contributed by atoms with van der Waals surface area (Å²) < 4.78 is 0. The first kappa shape index (κ1) is 6.61. The summed E-state index contributed by atoms with van der Waals surface area (Å²) in [5.41, 5.74) is 1.32. The van der Waals surface area contributed by atoms with Crippen molar-refractivity contribution < 1.29 is 0 Å². The molecule has 0 aliphatic carbocycles. The van der Waals surface area contributed by atoms with E-state index < -0.39 is 0 Å². The average molecular weight is 149 g/mol. The van der Waals surface area contributed by atoms with Crippen LogP contribution in [-0.4, -0.2) is 17.4 Å². The Labute approximate surface area is 65.9 Å². The third-order valence-electron chi connectivity index (χ3n) is 1.98. The van der Waals surface area contributed by atoms with Crippen LogP contribution >= 0.6 is 0 Å². The number of allylic oxidation sites excluding steroid dienone is 2. The molecule has 0 saturated heterocycles. The number of rotatable bonds is 0. The molecule has 0 aromatic carbocycles. The molecular formula is C8H11N3. The molecule has 2 heterocycles. The maximum atomic E-state index is 5.68. The van der Waals surface area contributed by atoms with Crippen molar-refractivity contribution in [1.29, 1.82) is 0 Å². The van der Waals surface area contributed by atoms with Crippen molar-refractivity contribution in [2.45, 2.75) is 19.0 Å². The van der Waals surface area contributed by atoms with Gasteiger partial charge in [-0.05, 0) is 12.0 Å². The van der Waals surface area contributed by atoms with Gasteiger partial charge < -0.3 is 0 Å². The number of hydrogen-bond donors (Lipinski definition) is 1. The minimum atomic E-state index is 0.0775. The molecule has 0 spiro atoms. The van der Waals surface area contributed by atoms with Crippen molar-refractivity contribution in [2.75, 3.05) is 0 Å².